The summed E-state index contributed by atoms with van der Waals surface area (Å²) < 4.78 is 5.84. The van der Waals surface area contributed by atoms with Crippen LogP contribution in [-0.4, -0.2) is 11.6 Å². The molecule has 1 aliphatic carbocycles. The summed E-state index contributed by atoms with van der Waals surface area (Å²) in [5, 5.41) is 3.50. The van der Waals surface area contributed by atoms with Crippen molar-refractivity contribution in [2.24, 2.45) is 0 Å². The van der Waals surface area contributed by atoms with E-state index in [9.17, 15) is 0 Å². The van der Waals surface area contributed by atoms with E-state index in [0.717, 1.165) is 24.7 Å². The number of aromatic nitrogens is 1. The molecule has 0 radical (unpaired) electrons. The highest BCUT2D eigenvalue weighted by atomic mass is 32.1. The van der Waals surface area contributed by atoms with Crippen LogP contribution in [0.5, 0.6) is 5.75 Å². The second-order valence-electron chi connectivity index (χ2n) is 5.20. The van der Waals surface area contributed by atoms with Gasteiger partial charge in [-0.1, -0.05) is 18.2 Å². The van der Waals surface area contributed by atoms with Crippen LogP contribution in [0.25, 0.3) is 0 Å². The first-order chi connectivity index (χ1) is 8.90. The van der Waals surface area contributed by atoms with E-state index in [-0.39, 0.29) is 0 Å². The topological polar surface area (TPSA) is 22.1 Å². The Morgan fingerprint density at radius 1 is 1.17 bits per heavy atom. The van der Waals surface area contributed by atoms with E-state index in [4.69, 9.17) is 9.72 Å². The molecule has 1 aromatic heterocycles. The fourth-order valence-electron chi connectivity index (χ4n) is 2.54. The van der Waals surface area contributed by atoms with Gasteiger partial charge in [0.15, 0.2) is 0 Å². The van der Waals surface area contributed by atoms with Crippen molar-refractivity contribution in [2.45, 2.75) is 31.1 Å². The lowest BCUT2D eigenvalue weighted by Crippen LogP contribution is -2.18. The first-order valence-electron chi connectivity index (χ1n) is 6.56. The van der Waals surface area contributed by atoms with Gasteiger partial charge in [-0.05, 0) is 30.9 Å². The van der Waals surface area contributed by atoms with Crippen molar-refractivity contribution in [1.82, 2.24) is 4.98 Å². The summed E-state index contributed by atoms with van der Waals surface area (Å²) in [5.41, 5.74) is 2.63. The Balaban J connectivity index is 1.59. The smallest absolute Gasteiger partial charge is 0.122 e. The van der Waals surface area contributed by atoms with Crippen LogP contribution in [0.15, 0.2) is 29.6 Å². The van der Waals surface area contributed by atoms with Gasteiger partial charge in [0.2, 0.25) is 0 Å². The van der Waals surface area contributed by atoms with Crippen molar-refractivity contribution in [3.8, 4) is 5.75 Å². The van der Waals surface area contributed by atoms with Gasteiger partial charge in [-0.3, -0.25) is 0 Å². The fourth-order valence-corrected chi connectivity index (χ4v) is 3.53. The van der Waals surface area contributed by atoms with Crippen LogP contribution in [0.2, 0.25) is 0 Å². The molecule has 1 saturated carbocycles. The lowest BCUT2D eigenvalue weighted by atomic mass is 9.97. The number of hydrogen-bond donors (Lipinski definition) is 0. The van der Waals surface area contributed by atoms with Gasteiger partial charge in [0, 0.05) is 17.2 Å². The molecule has 2 heterocycles. The Morgan fingerprint density at radius 3 is 2.94 bits per heavy atom. The SMILES string of the molecule is c1ccc2c(c1)CC(c1nc(C3CC3)cs1)CO2. The van der Waals surface area contributed by atoms with E-state index in [1.807, 2.05) is 17.4 Å². The third-order valence-corrected chi connectivity index (χ3v) is 4.79. The number of hydrogen-bond acceptors (Lipinski definition) is 3. The van der Waals surface area contributed by atoms with Gasteiger partial charge >= 0.3 is 0 Å². The minimum atomic E-state index is 0.442. The van der Waals surface area contributed by atoms with E-state index in [1.165, 1.54) is 29.1 Å². The summed E-state index contributed by atoms with van der Waals surface area (Å²) in [6, 6.07) is 8.34. The Kier molecular flexibility index (Phi) is 2.40. The number of thiazole rings is 1. The van der Waals surface area contributed by atoms with Crippen LogP contribution >= 0.6 is 11.3 Å². The summed E-state index contributed by atoms with van der Waals surface area (Å²) >= 11 is 1.81. The number of nitrogens with zero attached hydrogens (tertiary/aromatic N) is 1. The monoisotopic (exact) mass is 257 g/mol. The molecule has 2 aliphatic rings. The molecule has 0 spiro atoms. The molecule has 1 fully saturated rings. The largest absolute Gasteiger partial charge is 0.493 e. The van der Waals surface area contributed by atoms with Crippen molar-refractivity contribution in [3.63, 3.8) is 0 Å². The van der Waals surface area contributed by atoms with Crippen LogP contribution in [0, 0.1) is 0 Å². The highest BCUT2D eigenvalue weighted by Crippen LogP contribution is 2.42. The number of para-hydroxylation sites is 1. The van der Waals surface area contributed by atoms with E-state index in [2.05, 4.69) is 23.6 Å². The van der Waals surface area contributed by atoms with E-state index >= 15 is 0 Å². The summed E-state index contributed by atoms with van der Waals surface area (Å²) in [6.45, 7) is 0.772. The molecule has 4 rings (SSSR count). The summed E-state index contributed by atoms with van der Waals surface area (Å²) in [6.07, 6.45) is 3.72. The van der Waals surface area contributed by atoms with E-state index in [1.54, 1.807) is 0 Å². The molecular weight excluding hydrogens is 242 g/mol. The van der Waals surface area contributed by atoms with Crippen LogP contribution < -0.4 is 4.74 Å². The first kappa shape index (κ1) is 10.6. The zero-order valence-corrected chi connectivity index (χ0v) is 11.0. The molecule has 2 aromatic rings. The summed E-state index contributed by atoms with van der Waals surface area (Å²) in [7, 11) is 0. The minimum Gasteiger partial charge on any atom is -0.493 e. The molecule has 0 saturated heterocycles. The quantitative estimate of drug-likeness (QED) is 0.817. The average molecular weight is 257 g/mol. The van der Waals surface area contributed by atoms with Crippen LogP contribution in [0.3, 0.4) is 0 Å². The van der Waals surface area contributed by atoms with Gasteiger partial charge in [-0.2, -0.15) is 0 Å². The van der Waals surface area contributed by atoms with Crippen LogP contribution in [0.4, 0.5) is 0 Å². The van der Waals surface area contributed by atoms with Crippen molar-refractivity contribution in [1.29, 1.82) is 0 Å². The van der Waals surface area contributed by atoms with Crippen molar-refractivity contribution < 1.29 is 4.74 Å². The molecule has 18 heavy (non-hydrogen) atoms. The lowest BCUT2D eigenvalue weighted by Gasteiger charge is -2.23. The molecule has 92 valence electrons. The Morgan fingerprint density at radius 2 is 2.06 bits per heavy atom. The zero-order valence-electron chi connectivity index (χ0n) is 10.1. The maximum absolute atomic E-state index is 5.84. The van der Waals surface area contributed by atoms with Crippen molar-refractivity contribution in [3.05, 3.63) is 45.9 Å². The lowest BCUT2D eigenvalue weighted by molar-refractivity contribution is 0.262. The first-order valence-corrected chi connectivity index (χ1v) is 7.44. The Hall–Kier alpha value is -1.35. The van der Waals surface area contributed by atoms with Crippen LogP contribution in [-0.2, 0) is 6.42 Å². The molecule has 3 heteroatoms. The van der Waals surface area contributed by atoms with Crippen LogP contribution in [0.1, 0.15) is 40.9 Å². The van der Waals surface area contributed by atoms with E-state index in [0.29, 0.717) is 5.92 Å². The Bertz CT molecular complexity index is 573. The van der Waals surface area contributed by atoms with Gasteiger partial charge in [-0.25, -0.2) is 4.98 Å². The van der Waals surface area contributed by atoms with E-state index < -0.39 is 0 Å². The minimum absolute atomic E-state index is 0.442. The molecule has 0 N–H and O–H groups in total. The molecule has 1 aromatic carbocycles. The molecular formula is C15H15NOS. The average Bonchev–Trinajstić information content (AvgIpc) is 3.16. The highest BCUT2D eigenvalue weighted by molar-refractivity contribution is 7.09. The number of benzene rings is 1. The molecule has 1 atom stereocenters. The predicted molar refractivity (Wildman–Crippen MR) is 72.5 cm³/mol. The van der Waals surface area contributed by atoms with Gasteiger partial charge in [0.25, 0.3) is 0 Å². The molecule has 0 amide bonds. The predicted octanol–water partition coefficient (Wildman–Crippen LogP) is 3.74. The van der Waals surface area contributed by atoms with Crippen molar-refractivity contribution >= 4 is 11.3 Å². The Labute approximate surface area is 111 Å². The third kappa shape index (κ3) is 1.83. The standard InChI is InChI=1S/C15H15NOS/c1-2-4-14-11(3-1)7-12(8-17-14)15-16-13(9-18-15)10-5-6-10/h1-4,9-10,12H,5-8H2. The second-order valence-corrected chi connectivity index (χ2v) is 6.09. The summed E-state index contributed by atoms with van der Waals surface area (Å²) in [4.78, 5) is 4.81. The highest BCUT2D eigenvalue weighted by Gasteiger charge is 2.29. The molecule has 1 unspecified atom stereocenters. The van der Waals surface area contributed by atoms with Gasteiger partial charge in [-0.15, -0.1) is 11.3 Å². The zero-order chi connectivity index (χ0) is 11.9. The third-order valence-electron chi connectivity index (χ3n) is 3.76. The fraction of sp³-hybridized carbons (Fsp3) is 0.400. The molecule has 1 aliphatic heterocycles. The maximum atomic E-state index is 5.84. The van der Waals surface area contributed by atoms with Gasteiger partial charge in [0.05, 0.1) is 17.3 Å². The molecule has 0 bridgehead atoms. The second kappa shape index (κ2) is 4.09. The maximum Gasteiger partial charge on any atom is 0.122 e. The number of fused-ring (bicyclic) bond motifs is 1. The normalized spacial score (nSPS) is 22.3. The van der Waals surface area contributed by atoms with Crippen molar-refractivity contribution in [2.75, 3.05) is 6.61 Å². The number of rotatable bonds is 2. The van der Waals surface area contributed by atoms with Gasteiger partial charge in [0.1, 0.15) is 5.75 Å². The molecule has 2 nitrogen and oxygen atoms in total. The number of ether oxygens (including phenoxy) is 1. The summed E-state index contributed by atoms with van der Waals surface area (Å²) in [5.74, 6) is 2.25. The van der Waals surface area contributed by atoms with Gasteiger partial charge < -0.3 is 4.74 Å².